The van der Waals surface area contributed by atoms with Crippen molar-refractivity contribution in [3.63, 3.8) is 0 Å². The van der Waals surface area contributed by atoms with Gasteiger partial charge in [-0.1, -0.05) is 0 Å². The lowest BCUT2D eigenvalue weighted by atomic mass is 9.75. The molecule has 0 saturated carbocycles. The average Bonchev–Trinajstić information content (AvgIpc) is 2.30. The van der Waals surface area contributed by atoms with E-state index in [9.17, 15) is 4.79 Å². The monoisotopic (exact) mass is 209 g/mol. The number of carbonyl (C=O) groups is 1. The topological polar surface area (TPSA) is 52.3 Å². The van der Waals surface area contributed by atoms with Crippen LogP contribution in [-0.2, 0) is 9.53 Å². The van der Waals surface area contributed by atoms with Crippen molar-refractivity contribution in [3.8, 4) is 11.8 Å². The summed E-state index contributed by atoms with van der Waals surface area (Å²) in [5.41, 5.74) is 5.41. The van der Waals surface area contributed by atoms with Crippen molar-refractivity contribution in [2.45, 2.75) is 32.6 Å². The number of ether oxygens (including phenoxy) is 1. The first-order chi connectivity index (χ1) is 7.25. The first kappa shape index (κ1) is 12.2. The second-order valence-electron chi connectivity index (χ2n) is 3.95. The van der Waals surface area contributed by atoms with Crippen LogP contribution in [0.2, 0.25) is 0 Å². The zero-order valence-corrected chi connectivity index (χ0v) is 9.34. The number of Topliss-reactive ketones (excluding diaryl/α,β-unsaturated/α-hetero) is 1. The Morgan fingerprint density at radius 2 is 2.13 bits per heavy atom. The second kappa shape index (κ2) is 5.89. The van der Waals surface area contributed by atoms with Gasteiger partial charge in [0.2, 0.25) is 0 Å². The van der Waals surface area contributed by atoms with Crippen molar-refractivity contribution in [1.29, 1.82) is 0 Å². The minimum atomic E-state index is -0.326. The summed E-state index contributed by atoms with van der Waals surface area (Å²) in [6, 6.07) is 0. The fraction of sp³-hybridized carbons (Fsp3) is 0.750. The molecule has 1 heterocycles. The molecule has 1 saturated heterocycles. The lowest BCUT2D eigenvalue weighted by Gasteiger charge is -2.34. The van der Waals surface area contributed by atoms with E-state index in [2.05, 4.69) is 11.8 Å². The first-order valence-electron chi connectivity index (χ1n) is 5.46. The molecule has 0 bridgehead atoms. The van der Waals surface area contributed by atoms with E-state index in [0.717, 1.165) is 12.8 Å². The van der Waals surface area contributed by atoms with Gasteiger partial charge in [0.1, 0.15) is 5.78 Å². The number of ketones is 1. The zero-order valence-electron chi connectivity index (χ0n) is 9.34. The summed E-state index contributed by atoms with van der Waals surface area (Å²) in [6.07, 6.45) is 2.71. The third kappa shape index (κ3) is 3.05. The minimum Gasteiger partial charge on any atom is -0.381 e. The molecular weight excluding hydrogens is 190 g/mol. The molecule has 1 fully saturated rings. The first-order valence-corrected chi connectivity index (χ1v) is 5.46. The van der Waals surface area contributed by atoms with Gasteiger partial charge in [0.25, 0.3) is 0 Å². The van der Waals surface area contributed by atoms with E-state index >= 15 is 0 Å². The molecule has 0 amide bonds. The van der Waals surface area contributed by atoms with Crippen LogP contribution < -0.4 is 5.73 Å². The van der Waals surface area contributed by atoms with Gasteiger partial charge in [-0.3, -0.25) is 4.79 Å². The molecule has 0 aromatic rings. The highest BCUT2D eigenvalue weighted by atomic mass is 16.5. The second-order valence-corrected chi connectivity index (χ2v) is 3.95. The Morgan fingerprint density at radius 1 is 1.47 bits per heavy atom. The van der Waals surface area contributed by atoms with Crippen molar-refractivity contribution in [1.82, 2.24) is 0 Å². The van der Waals surface area contributed by atoms with Gasteiger partial charge >= 0.3 is 0 Å². The Labute approximate surface area is 91.4 Å². The summed E-state index contributed by atoms with van der Waals surface area (Å²) in [6.45, 7) is 3.54. The van der Waals surface area contributed by atoms with E-state index in [4.69, 9.17) is 10.5 Å². The van der Waals surface area contributed by atoms with Crippen LogP contribution in [0.15, 0.2) is 0 Å². The van der Waals surface area contributed by atoms with Crippen LogP contribution >= 0.6 is 0 Å². The van der Waals surface area contributed by atoms with Gasteiger partial charge < -0.3 is 10.5 Å². The largest absolute Gasteiger partial charge is 0.381 e. The fourth-order valence-corrected chi connectivity index (χ4v) is 1.93. The molecule has 15 heavy (non-hydrogen) atoms. The smallest absolute Gasteiger partial charge is 0.141 e. The van der Waals surface area contributed by atoms with Gasteiger partial charge in [-0.2, -0.15) is 0 Å². The molecule has 1 aliphatic rings. The molecule has 3 nitrogen and oxygen atoms in total. The van der Waals surface area contributed by atoms with Crippen LogP contribution in [0.1, 0.15) is 32.6 Å². The standard InChI is InChI=1S/C12H19NO2/c1-2-3-4-5-11(14)12(10-13)6-8-15-9-7-12/h4-10,13H2,1H3. The molecule has 0 atom stereocenters. The molecular formula is C12H19NO2. The lowest BCUT2D eigenvalue weighted by Crippen LogP contribution is -2.43. The summed E-state index contributed by atoms with van der Waals surface area (Å²) in [5.74, 6) is 5.98. The molecule has 84 valence electrons. The molecule has 0 aromatic carbocycles. The Balaban J connectivity index is 2.54. The van der Waals surface area contributed by atoms with Crippen LogP contribution in [0.4, 0.5) is 0 Å². The van der Waals surface area contributed by atoms with Crippen LogP contribution in [0.25, 0.3) is 0 Å². The number of rotatable bonds is 4. The van der Waals surface area contributed by atoms with Gasteiger partial charge in [-0.05, 0) is 19.8 Å². The van der Waals surface area contributed by atoms with E-state index in [0.29, 0.717) is 32.6 Å². The maximum absolute atomic E-state index is 12.0. The van der Waals surface area contributed by atoms with E-state index in [1.54, 1.807) is 6.92 Å². The van der Waals surface area contributed by atoms with E-state index in [-0.39, 0.29) is 11.2 Å². The van der Waals surface area contributed by atoms with Crippen LogP contribution in [0.3, 0.4) is 0 Å². The summed E-state index contributed by atoms with van der Waals surface area (Å²) in [7, 11) is 0. The molecule has 0 unspecified atom stereocenters. The minimum absolute atomic E-state index is 0.260. The highest BCUT2D eigenvalue weighted by molar-refractivity contribution is 5.85. The summed E-state index contributed by atoms with van der Waals surface area (Å²) >= 11 is 0. The lowest BCUT2D eigenvalue weighted by molar-refractivity contribution is -0.133. The molecule has 3 heteroatoms. The van der Waals surface area contributed by atoms with Crippen molar-refractivity contribution in [2.75, 3.05) is 19.8 Å². The van der Waals surface area contributed by atoms with E-state index in [1.165, 1.54) is 0 Å². The Bertz CT molecular complexity index is 269. The van der Waals surface area contributed by atoms with Gasteiger partial charge in [-0.25, -0.2) is 0 Å². The number of carbonyl (C=O) groups excluding carboxylic acids is 1. The predicted octanol–water partition coefficient (Wildman–Crippen LogP) is 1.11. The average molecular weight is 209 g/mol. The van der Waals surface area contributed by atoms with Crippen LogP contribution in [0, 0.1) is 17.3 Å². The normalized spacial score (nSPS) is 19.1. The third-order valence-corrected chi connectivity index (χ3v) is 3.09. The zero-order chi connectivity index (χ0) is 11.1. The van der Waals surface area contributed by atoms with Crippen molar-refractivity contribution < 1.29 is 9.53 Å². The summed E-state index contributed by atoms with van der Waals surface area (Å²) in [5, 5.41) is 0. The highest BCUT2D eigenvalue weighted by Gasteiger charge is 2.37. The maximum Gasteiger partial charge on any atom is 0.141 e. The Kier molecular flexibility index (Phi) is 4.80. The molecule has 1 rings (SSSR count). The Hall–Kier alpha value is -0.850. The van der Waals surface area contributed by atoms with E-state index in [1.807, 2.05) is 0 Å². The van der Waals surface area contributed by atoms with Crippen molar-refractivity contribution in [2.24, 2.45) is 11.1 Å². The SMILES string of the molecule is CC#CCCC(=O)C1(CN)CCOCC1. The summed E-state index contributed by atoms with van der Waals surface area (Å²) in [4.78, 5) is 12.0. The van der Waals surface area contributed by atoms with Crippen LogP contribution in [-0.4, -0.2) is 25.5 Å². The molecule has 0 spiro atoms. The number of nitrogens with two attached hydrogens (primary N) is 1. The molecule has 0 radical (unpaired) electrons. The molecule has 0 aliphatic carbocycles. The maximum atomic E-state index is 12.0. The Morgan fingerprint density at radius 3 is 2.67 bits per heavy atom. The number of hydrogen-bond donors (Lipinski definition) is 1. The molecule has 2 N–H and O–H groups in total. The molecule has 1 aliphatic heterocycles. The van der Waals surface area contributed by atoms with Crippen molar-refractivity contribution in [3.05, 3.63) is 0 Å². The van der Waals surface area contributed by atoms with E-state index < -0.39 is 0 Å². The van der Waals surface area contributed by atoms with Crippen molar-refractivity contribution >= 4 is 5.78 Å². The van der Waals surface area contributed by atoms with Gasteiger partial charge in [0.15, 0.2) is 0 Å². The highest BCUT2D eigenvalue weighted by Crippen LogP contribution is 2.31. The van der Waals surface area contributed by atoms with Gasteiger partial charge in [0.05, 0.1) is 0 Å². The summed E-state index contributed by atoms with van der Waals surface area (Å²) < 4.78 is 5.27. The van der Waals surface area contributed by atoms with Crippen LogP contribution in [0.5, 0.6) is 0 Å². The predicted molar refractivity (Wildman–Crippen MR) is 59.2 cm³/mol. The fourth-order valence-electron chi connectivity index (χ4n) is 1.93. The quantitative estimate of drug-likeness (QED) is 0.706. The van der Waals surface area contributed by atoms with Gasteiger partial charge in [-0.15, -0.1) is 11.8 Å². The third-order valence-electron chi connectivity index (χ3n) is 3.09. The van der Waals surface area contributed by atoms with Gasteiger partial charge in [0, 0.05) is 38.0 Å². The number of hydrogen-bond acceptors (Lipinski definition) is 3. The molecule has 0 aromatic heterocycles.